The van der Waals surface area contributed by atoms with Gasteiger partial charge in [-0.15, -0.1) is 0 Å². The lowest BCUT2D eigenvalue weighted by atomic mass is 10.1. The van der Waals surface area contributed by atoms with Crippen molar-refractivity contribution >= 4 is 50.1 Å². The van der Waals surface area contributed by atoms with Crippen molar-refractivity contribution in [1.82, 2.24) is 0 Å². The summed E-state index contributed by atoms with van der Waals surface area (Å²) in [5.41, 5.74) is 6.67. The number of benzene rings is 1. The lowest BCUT2D eigenvalue weighted by Crippen LogP contribution is -2.09. The molecule has 0 spiro atoms. The molecule has 3 nitrogen and oxygen atoms in total. The molecule has 0 saturated carbocycles. The molecule has 1 aromatic carbocycles. The highest BCUT2D eigenvalue weighted by Crippen LogP contribution is 2.34. The molecule has 2 aromatic heterocycles. The third kappa shape index (κ3) is 2.41. The number of rotatable bonds is 2. The molecule has 0 radical (unpaired) electrons. The third-order valence-corrected chi connectivity index (χ3v) is 3.69. The van der Waals surface area contributed by atoms with E-state index in [0.29, 0.717) is 31.8 Å². The molecule has 0 aliphatic heterocycles. The van der Waals surface area contributed by atoms with Crippen molar-refractivity contribution in [2.45, 2.75) is 6.04 Å². The fourth-order valence-electron chi connectivity index (χ4n) is 1.88. The topological polar surface area (TPSA) is 52.3 Å². The number of fused-ring (bicyclic) bond motifs is 1. The molecule has 0 amide bonds. The molecule has 6 heteroatoms. The summed E-state index contributed by atoms with van der Waals surface area (Å²) in [6, 6.07) is 8.30. The van der Waals surface area contributed by atoms with Crippen LogP contribution in [0.15, 0.2) is 43.8 Å². The minimum Gasteiger partial charge on any atom is -0.457 e. The van der Waals surface area contributed by atoms with Crippen molar-refractivity contribution in [3.05, 3.63) is 56.6 Å². The first-order valence-corrected chi connectivity index (χ1v) is 6.99. The van der Waals surface area contributed by atoms with Gasteiger partial charge in [0.25, 0.3) is 0 Å². The van der Waals surface area contributed by atoms with Gasteiger partial charge in [-0.1, -0.05) is 23.2 Å². The Morgan fingerprint density at radius 1 is 1.05 bits per heavy atom. The van der Waals surface area contributed by atoms with Gasteiger partial charge < -0.3 is 14.6 Å². The molecule has 1 unspecified atom stereocenters. The molecule has 0 aliphatic rings. The minimum atomic E-state index is -0.492. The zero-order valence-corrected chi connectivity index (χ0v) is 12.6. The fraction of sp³-hybridized carbons (Fsp3) is 0.0769. The summed E-state index contributed by atoms with van der Waals surface area (Å²) in [6.45, 7) is 0. The lowest BCUT2D eigenvalue weighted by molar-refractivity contribution is 0.434. The summed E-state index contributed by atoms with van der Waals surface area (Å²) in [7, 11) is 0. The average Bonchev–Trinajstić information content (AvgIpc) is 2.94. The molecule has 2 N–H and O–H groups in total. The Kier molecular flexibility index (Phi) is 3.35. The van der Waals surface area contributed by atoms with Crippen molar-refractivity contribution < 1.29 is 8.83 Å². The van der Waals surface area contributed by atoms with Gasteiger partial charge in [-0.2, -0.15) is 0 Å². The molecule has 98 valence electrons. The first-order chi connectivity index (χ1) is 9.04. The van der Waals surface area contributed by atoms with Crippen molar-refractivity contribution in [2.75, 3.05) is 0 Å². The zero-order chi connectivity index (χ0) is 13.6. The summed E-state index contributed by atoms with van der Waals surface area (Å²) in [5, 5.41) is 1.83. The largest absolute Gasteiger partial charge is 0.457 e. The van der Waals surface area contributed by atoms with Crippen LogP contribution in [0.4, 0.5) is 0 Å². The molecular formula is C13H8BrCl2NO2. The highest BCUT2D eigenvalue weighted by atomic mass is 79.9. The molecule has 0 bridgehead atoms. The predicted octanol–water partition coefficient (Wildman–Crippen LogP) is 5.14. The Balaban J connectivity index is 2.08. The minimum absolute atomic E-state index is 0.460. The Morgan fingerprint density at radius 2 is 1.84 bits per heavy atom. The summed E-state index contributed by atoms with van der Waals surface area (Å²) in [6.07, 6.45) is 0. The summed E-state index contributed by atoms with van der Waals surface area (Å²) < 4.78 is 11.7. The van der Waals surface area contributed by atoms with Gasteiger partial charge in [0.05, 0.1) is 5.02 Å². The number of halogens is 3. The second kappa shape index (κ2) is 4.87. The van der Waals surface area contributed by atoms with E-state index in [1.807, 2.05) is 6.07 Å². The Bertz CT molecular complexity index is 750. The second-order valence-electron chi connectivity index (χ2n) is 4.07. The van der Waals surface area contributed by atoms with Gasteiger partial charge in [0.2, 0.25) is 0 Å². The maximum absolute atomic E-state index is 6.10. The SMILES string of the molecule is NC(c1ccc(Br)o1)c1cc2cc(Cl)cc(Cl)c2o1. The quantitative estimate of drug-likeness (QED) is 0.688. The molecule has 0 fully saturated rings. The van der Waals surface area contributed by atoms with E-state index in [1.54, 1.807) is 24.3 Å². The molecule has 0 saturated heterocycles. The monoisotopic (exact) mass is 359 g/mol. The van der Waals surface area contributed by atoms with E-state index >= 15 is 0 Å². The summed E-state index contributed by atoms with van der Waals surface area (Å²) >= 11 is 15.3. The van der Waals surface area contributed by atoms with Crippen LogP contribution in [-0.4, -0.2) is 0 Å². The van der Waals surface area contributed by atoms with Crippen molar-refractivity contribution in [3.63, 3.8) is 0 Å². The fourth-order valence-corrected chi connectivity index (χ4v) is 2.75. The van der Waals surface area contributed by atoms with Crippen molar-refractivity contribution in [3.8, 4) is 0 Å². The predicted molar refractivity (Wildman–Crippen MR) is 78.7 cm³/mol. The number of furan rings is 2. The van der Waals surface area contributed by atoms with E-state index in [0.717, 1.165) is 5.39 Å². The Morgan fingerprint density at radius 3 is 2.53 bits per heavy atom. The Hall–Kier alpha value is -0.940. The van der Waals surface area contributed by atoms with Crippen LogP contribution in [0.25, 0.3) is 11.0 Å². The molecule has 19 heavy (non-hydrogen) atoms. The van der Waals surface area contributed by atoms with Crippen molar-refractivity contribution in [1.29, 1.82) is 0 Å². The summed E-state index contributed by atoms with van der Waals surface area (Å²) in [4.78, 5) is 0. The number of nitrogens with two attached hydrogens (primary N) is 1. The maximum Gasteiger partial charge on any atom is 0.169 e. The van der Waals surface area contributed by atoms with Crippen LogP contribution in [0.3, 0.4) is 0 Å². The van der Waals surface area contributed by atoms with E-state index in [2.05, 4.69) is 15.9 Å². The van der Waals surface area contributed by atoms with Crippen molar-refractivity contribution in [2.24, 2.45) is 5.73 Å². The smallest absolute Gasteiger partial charge is 0.169 e. The number of hydrogen-bond acceptors (Lipinski definition) is 3. The van der Waals surface area contributed by atoms with Gasteiger partial charge in [-0.05, 0) is 46.3 Å². The molecular weight excluding hydrogens is 353 g/mol. The average molecular weight is 361 g/mol. The Labute approximate surface area is 127 Å². The molecule has 3 rings (SSSR count). The second-order valence-corrected chi connectivity index (χ2v) is 5.70. The molecule has 0 aliphatic carbocycles. The first kappa shape index (κ1) is 13.1. The first-order valence-electron chi connectivity index (χ1n) is 5.44. The van der Waals surface area contributed by atoms with E-state index in [9.17, 15) is 0 Å². The highest BCUT2D eigenvalue weighted by molar-refractivity contribution is 9.10. The van der Waals surface area contributed by atoms with Crippen LogP contribution in [0.1, 0.15) is 17.6 Å². The van der Waals surface area contributed by atoms with Gasteiger partial charge in [-0.3, -0.25) is 0 Å². The molecule has 3 aromatic rings. The van der Waals surface area contributed by atoms with Gasteiger partial charge in [0, 0.05) is 10.4 Å². The van der Waals surface area contributed by atoms with Crippen LogP contribution in [0, 0.1) is 0 Å². The lowest BCUT2D eigenvalue weighted by Gasteiger charge is -2.03. The van der Waals surface area contributed by atoms with E-state index in [4.69, 9.17) is 37.8 Å². The van der Waals surface area contributed by atoms with Gasteiger partial charge in [0.1, 0.15) is 17.6 Å². The van der Waals surface area contributed by atoms with Crippen LogP contribution < -0.4 is 5.73 Å². The maximum atomic E-state index is 6.10. The normalized spacial score (nSPS) is 13.1. The number of hydrogen-bond donors (Lipinski definition) is 1. The molecule has 1 atom stereocenters. The van der Waals surface area contributed by atoms with E-state index < -0.39 is 6.04 Å². The van der Waals surface area contributed by atoms with Crippen LogP contribution in [0.5, 0.6) is 0 Å². The molecule has 2 heterocycles. The highest BCUT2D eigenvalue weighted by Gasteiger charge is 2.18. The third-order valence-electron chi connectivity index (χ3n) is 2.76. The van der Waals surface area contributed by atoms with Crippen LogP contribution >= 0.6 is 39.1 Å². The van der Waals surface area contributed by atoms with Crippen LogP contribution in [0.2, 0.25) is 10.0 Å². The van der Waals surface area contributed by atoms with Gasteiger partial charge in [-0.25, -0.2) is 0 Å². The van der Waals surface area contributed by atoms with Crippen LogP contribution in [-0.2, 0) is 0 Å². The zero-order valence-electron chi connectivity index (χ0n) is 9.49. The van der Waals surface area contributed by atoms with Gasteiger partial charge in [0.15, 0.2) is 10.3 Å². The van der Waals surface area contributed by atoms with E-state index in [-0.39, 0.29) is 0 Å². The standard InChI is InChI=1S/C13H8BrCl2NO2/c14-11-2-1-9(18-11)12(17)10-4-6-3-7(15)5-8(16)13(6)19-10/h1-5,12H,17H2. The van der Waals surface area contributed by atoms with E-state index in [1.165, 1.54) is 0 Å². The van der Waals surface area contributed by atoms with Gasteiger partial charge >= 0.3 is 0 Å². The summed E-state index contributed by atoms with van der Waals surface area (Å²) in [5.74, 6) is 1.18.